The molecule has 0 radical (unpaired) electrons. The fraction of sp³-hybridized carbons (Fsp3) is 0.133. The van der Waals surface area contributed by atoms with Crippen molar-refractivity contribution in [2.45, 2.75) is 13.1 Å². The maximum absolute atomic E-state index is 12.4. The predicted octanol–water partition coefficient (Wildman–Crippen LogP) is 3.30. The first-order chi connectivity index (χ1) is 11.0. The highest BCUT2D eigenvalue weighted by Crippen LogP contribution is 2.21. The van der Waals surface area contributed by atoms with Gasteiger partial charge >= 0.3 is 0 Å². The van der Waals surface area contributed by atoms with Gasteiger partial charge in [0.05, 0.1) is 27.6 Å². The molecule has 1 amide bonds. The Morgan fingerprint density at radius 3 is 2.83 bits per heavy atom. The number of nitrogens with zero attached hydrogens (tertiary/aromatic N) is 2. The largest absolute Gasteiger partial charge is 0.350 e. The molecular formula is C15H11Br2N3O2S. The van der Waals surface area contributed by atoms with E-state index in [4.69, 9.17) is 0 Å². The minimum atomic E-state index is -0.231. The van der Waals surface area contributed by atoms with Gasteiger partial charge in [0.2, 0.25) is 5.91 Å². The van der Waals surface area contributed by atoms with E-state index < -0.39 is 0 Å². The van der Waals surface area contributed by atoms with Gasteiger partial charge in [-0.3, -0.25) is 14.2 Å². The minimum Gasteiger partial charge on any atom is -0.350 e. The van der Waals surface area contributed by atoms with Crippen LogP contribution < -0.4 is 10.9 Å². The molecule has 1 aromatic carbocycles. The van der Waals surface area contributed by atoms with Crippen LogP contribution in [0.2, 0.25) is 0 Å². The summed E-state index contributed by atoms with van der Waals surface area (Å²) in [7, 11) is 0. The van der Waals surface area contributed by atoms with Crippen molar-refractivity contribution in [3.63, 3.8) is 0 Å². The SMILES string of the molecule is O=C(Cn1cnc2ccc(Br)cc2c1=O)NCc1ccc(Br)s1. The third kappa shape index (κ3) is 3.88. The third-order valence-electron chi connectivity index (χ3n) is 3.19. The molecule has 0 spiro atoms. The average molecular weight is 457 g/mol. The Kier molecular flexibility index (Phi) is 4.93. The van der Waals surface area contributed by atoms with Crippen LogP contribution in [-0.2, 0) is 17.9 Å². The quantitative estimate of drug-likeness (QED) is 0.655. The molecular weight excluding hydrogens is 446 g/mol. The number of fused-ring (bicyclic) bond motifs is 1. The number of carbonyl (C=O) groups is 1. The molecule has 0 unspecified atom stereocenters. The Labute approximate surface area is 152 Å². The Hall–Kier alpha value is -1.51. The van der Waals surface area contributed by atoms with Gasteiger partial charge in [-0.2, -0.15) is 0 Å². The molecule has 3 aromatic rings. The molecule has 0 atom stereocenters. The second-order valence-corrected chi connectivity index (χ2v) is 8.28. The number of hydrogen-bond donors (Lipinski definition) is 1. The fourth-order valence-electron chi connectivity index (χ4n) is 2.09. The summed E-state index contributed by atoms with van der Waals surface area (Å²) in [4.78, 5) is 29.7. The number of amides is 1. The van der Waals surface area contributed by atoms with E-state index in [9.17, 15) is 9.59 Å². The van der Waals surface area contributed by atoms with Crippen molar-refractivity contribution in [3.05, 3.63) is 60.1 Å². The first kappa shape index (κ1) is 16.4. The van der Waals surface area contributed by atoms with Crippen LogP contribution >= 0.6 is 43.2 Å². The minimum absolute atomic E-state index is 0.0547. The van der Waals surface area contributed by atoms with Gasteiger partial charge in [0.25, 0.3) is 5.56 Å². The number of carbonyl (C=O) groups excluding carboxylic acids is 1. The number of hydrogen-bond acceptors (Lipinski definition) is 4. The highest BCUT2D eigenvalue weighted by Gasteiger charge is 2.09. The molecule has 3 rings (SSSR count). The molecule has 2 heterocycles. The topological polar surface area (TPSA) is 64.0 Å². The van der Waals surface area contributed by atoms with Crippen molar-refractivity contribution in [2.75, 3.05) is 0 Å². The van der Waals surface area contributed by atoms with Crippen LogP contribution in [0.3, 0.4) is 0 Å². The van der Waals surface area contributed by atoms with Gasteiger partial charge in [-0.15, -0.1) is 11.3 Å². The van der Waals surface area contributed by atoms with Crippen LogP contribution in [0, 0.1) is 0 Å². The van der Waals surface area contributed by atoms with Crippen LogP contribution in [0.4, 0.5) is 0 Å². The van der Waals surface area contributed by atoms with Gasteiger partial charge in [0.1, 0.15) is 6.54 Å². The number of thiophene rings is 1. The summed E-state index contributed by atoms with van der Waals surface area (Å²) >= 11 is 8.27. The van der Waals surface area contributed by atoms with Gasteiger partial charge < -0.3 is 5.32 Å². The van der Waals surface area contributed by atoms with E-state index >= 15 is 0 Å². The fourth-order valence-corrected chi connectivity index (χ4v) is 3.87. The number of rotatable bonds is 4. The molecule has 0 aliphatic rings. The van der Waals surface area contributed by atoms with Crippen LogP contribution in [0.25, 0.3) is 10.9 Å². The molecule has 0 fully saturated rings. The maximum Gasteiger partial charge on any atom is 0.261 e. The molecule has 0 saturated carbocycles. The smallest absolute Gasteiger partial charge is 0.261 e. The van der Waals surface area contributed by atoms with E-state index in [1.54, 1.807) is 23.5 Å². The van der Waals surface area contributed by atoms with Crippen LogP contribution in [0.1, 0.15) is 4.88 Å². The number of halogens is 2. The molecule has 0 bridgehead atoms. The molecule has 5 nitrogen and oxygen atoms in total. The van der Waals surface area contributed by atoms with Gasteiger partial charge in [0.15, 0.2) is 0 Å². The first-order valence-corrected chi connectivity index (χ1v) is 9.09. The zero-order valence-electron chi connectivity index (χ0n) is 11.8. The standard InChI is InChI=1S/C15H11Br2N3O2S/c16-9-1-3-12-11(5-9)15(22)20(8-19-12)7-14(21)18-6-10-2-4-13(17)23-10/h1-5,8H,6-7H2,(H,18,21). The zero-order chi connectivity index (χ0) is 16.4. The lowest BCUT2D eigenvalue weighted by Gasteiger charge is -2.07. The van der Waals surface area contributed by atoms with E-state index in [2.05, 4.69) is 42.2 Å². The van der Waals surface area contributed by atoms with Gasteiger partial charge in [-0.25, -0.2) is 4.98 Å². The van der Waals surface area contributed by atoms with E-state index in [0.717, 1.165) is 13.1 Å². The van der Waals surface area contributed by atoms with Crippen molar-refractivity contribution >= 4 is 60.0 Å². The zero-order valence-corrected chi connectivity index (χ0v) is 15.7. The summed E-state index contributed by atoms with van der Waals surface area (Å²) in [6.45, 7) is 0.386. The lowest BCUT2D eigenvalue weighted by molar-refractivity contribution is -0.121. The third-order valence-corrected chi connectivity index (χ3v) is 5.31. The van der Waals surface area contributed by atoms with Crippen molar-refractivity contribution < 1.29 is 4.79 Å². The van der Waals surface area contributed by atoms with Crippen LogP contribution in [0.5, 0.6) is 0 Å². The monoisotopic (exact) mass is 455 g/mol. The van der Waals surface area contributed by atoms with Crippen molar-refractivity contribution in [1.82, 2.24) is 14.9 Å². The Balaban J connectivity index is 1.74. The number of nitrogens with one attached hydrogen (secondary N) is 1. The van der Waals surface area contributed by atoms with Crippen LogP contribution in [0.15, 0.2) is 49.7 Å². The number of benzene rings is 1. The van der Waals surface area contributed by atoms with Crippen molar-refractivity contribution in [2.24, 2.45) is 0 Å². The van der Waals surface area contributed by atoms with Gasteiger partial charge in [-0.1, -0.05) is 15.9 Å². The van der Waals surface area contributed by atoms with Crippen molar-refractivity contribution in [3.8, 4) is 0 Å². The lowest BCUT2D eigenvalue weighted by atomic mass is 10.2. The Morgan fingerprint density at radius 2 is 2.09 bits per heavy atom. The van der Waals surface area contributed by atoms with Crippen LogP contribution in [-0.4, -0.2) is 15.5 Å². The van der Waals surface area contributed by atoms with E-state index in [0.29, 0.717) is 17.4 Å². The summed E-state index contributed by atoms with van der Waals surface area (Å²) in [6, 6.07) is 9.17. The molecule has 8 heteroatoms. The van der Waals surface area contributed by atoms with Gasteiger partial charge in [-0.05, 0) is 46.3 Å². The van der Waals surface area contributed by atoms with E-state index in [1.165, 1.54) is 10.9 Å². The molecule has 0 saturated heterocycles. The predicted molar refractivity (Wildman–Crippen MR) is 97.6 cm³/mol. The lowest BCUT2D eigenvalue weighted by Crippen LogP contribution is -2.32. The van der Waals surface area contributed by atoms with Gasteiger partial charge in [0, 0.05) is 9.35 Å². The number of aromatic nitrogens is 2. The highest BCUT2D eigenvalue weighted by molar-refractivity contribution is 9.11. The first-order valence-electron chi connectivity index (χ1n) is 6.68. The maximum atomic E-state index is 12.4. The summed E-state index contributed by atoms with van der Waals surface area (Å²) in [5.41, 5.74) is 0.378. The molecule has 0 aliphatic heterocycles. The highest BCUT2D eigenvalue weighted by atomic mass is 79.9. The Morgan fingerprint density at radius 1 is 1.26 bits per heavy atom. The molecule has 118 valence electrons. The normalized spacial score (nSPS) is 10.9. The summed E-state index contributed by atoms with van der Waals surface area (Å²) in [5.74, 6) is -0.229. The molecule has 0 aliphatic carbocycles. The second kappa shape index (κ2) is 6.94. The molecule has 1 N–H and O–H groups in total. The van der Waals surface area contributed by atoms with E-state index in [-0.39, 0.29) is 18.0 Å². The second-order valence-electron chi connectivity index (χ2n) is 4.82. The average Bonchev–Trinajstić information content (AvgIpc) is 2.94. The molecule has 23 heavy (non-hydrogen) atoms. The molecule has 2 aromatic heterocycles. The summed E-state index contributed by atoms with van der Waals surface area (Å²) < 4.78 is 3.13. The van der Waals surface area contributed by atoms with E-state index in [1.807, 2.05) is 18.2 Å². The summed E-state index contributed by atoms with van der Waals surface area (Å²) in [5, 5.41) is 3.28. The Bertz CT molecular complexity index is 936. The van der Waals surface area contributed by atoms with Crippen molar-refractivity contribution in [1.29, 1.82) is 0 Å². The summed E-state index contributed by atoms with van der Waals surface area (Å²) in [6.07, 6.45) is 1.40.